The van der Waals surface area contributed by atoms with E-state index in [9.17, 15) is 18.0 Å². The number of carbonyl (C=O) groups is 1. The smallest absolute Gasteiger partial charge is 0.416 e. The Morgan fingerprint density at radius 2 is 1.77 bits per heavy atom. The molecule has 0 bridgehead atoms. The summed E-state index contributed by atoms with van der Waals surface area (Å²) in [6.07, 6.45) is 2.47. The third kappa shape index (κ3) is 6.79. The number of halogens is 3. The molecule has 0 N–H and O–H groups in total. The van der Waals surface area contributed by atoms with E-state index in [2.05, 4.69) is 44.4 Å². The van der Waals surface area contributed by atoms with Crippen LogP contribution in [0.15, 0.2) is 99.3 Å². The molecule has 1 amide bonds. The molecular weight excluding hydrogens is 593 g/mol. The molecule has 226 valence electrons. The number of oxazole rings is 1. The summed E-state index contributed by atoms with van der Waals surface area (Å²) >= 11 is 1.17. The van der Waals surface area contributed by atoms with Gasteiger partial charge >= 0.3 is 6.18 Å². The molecule has 1 aliphatic rings. The van der Waals surface area contributed by atoms with Gasteiger partial charge in [-0.05, 0) is 35.9 Å². The van der Waals surface area contributed by atoms with Crippen LogP contribution in [0.3, 0.4) is 0 Å². The van der Waals surface area contributed by atoms with Gasteiger partial charge in [-0.15, -0.1) is 10.2 Å². The van der Waals surface area contributed by atoms with Crippen molar-refractivity contribution in [3.8, 4) is 17.3 Å². The van der Waals surface area contributed by atoms with Gasteiger partial charge in [0.1, 0.15) is 6.26 Å². The maximum Gasteiger partial charge on any atom is 0.416 e. The second-order valence-corrected chi connectivity index (χ2v) is 10.9. The van der Waals surface area contributed by atoms with Gasteiger partial charge in [-0.25, -0.2) is 4.98 Å². The first kappa shape index (κ1) is 29.5. The highest BCUT2D eigenvalue weighted by Gasteiger charge is 2.31. The predicted molar refractivity (Wildman–Crippen MR) is 158 cm³/mol. The molecule has 0 radical (unpaired) electrons. The standard InChI is InChI=1S/C31H27F3N6O3S/c32-31(33,34)23-10-4-11-24(19-23)40-28(26-12-6-18-42-26)36-37-30(40)44-21-27-35-25(20-43-27)29(41)39-16-14-38(15-17-39)13-5-9-22-7-2-1-3-8-22/h1-12,18-20H,13-17,21H2/b9-5+. The lowest BCUT2D eigenvalue weighted by Gasteiger charge is -2.33. The Morgan fingerprint density at radius 1 is 0.955 bits per heavy atom. The summed E-state index contributed by atoms with van der Waals surface area (Å²) in [5.74, 6) is 0.829. The summed E-state index contributed by atoms with van der Waals surface area (Å²) in [4.78, 5) is 21.5. The molecule has 2 aromatic carbocycles. The van der Waals surface area contributed by atoms with Crippen molar-refractivity contribution in [2.24, 2.45) is 0 Å². The zero-order valence-corrected chi connectivity index (χ0v) is 24.2. The fourth-order valence-electron chi connectivity index (χ4n) is 4.78. The number of thioether (sulfide) groups is 1. The largest absolute Gasteiger partial charge is 0.461 e. The lowest BCUT2D eigenvalue weighted by molar-refractivity contribution is -0.137. The third-order valence-corrected chi connectivity index (χ3v) is 7.95. The first-order chi connectivity index (χ1) is 21.3. The van der Waals surface area contributed by atoms with Crippen LogP contribution in [0.4, 0.5) is 13.2 Å². The van der Waals surface area contributed by atoms with Gasteiger partial charge in [0.25, 0.3) is 5.91 Å². The summed E-state index contributed by atoms with van der Waals surface area (Å²) in [6.45, 7) is 3.44. The quantitative estimate of drug-likeness (QED) is 0.177. The average molecular weight is 621 g/mol. The number of benzene rings is 2. The second kappa shape index (κ2) is 12.9. The fourth-order valence-corrected chi connectivity index (χ4v) is 5.59. The highest BCUT2D eigenvalue weighted by atomic mass is 32.2. The molecule has 5 aromatic rings. The number of amides is 1. The lowest BCUT2D eigenvalue weighted by atomic mass is 10.2. The van der Waals surface area contributed by atoms with Gasteiger partial charge in [0, 0.05) is 32.7 Å². The van der Waals surface area contributed by atoms with Crippen LogP contribution in [0.1, 0.15) is 27.5 Å². The van der Waals surface area contributed by atoms with Crippen molar-refractivity contribution in [1.29, 1.82) is 0 Å². The molecule has 0 saturated carbocycles. The molecule has 44 heavy (non-hydrogen) atoms. The van der Waals surface area contributed by atoms with E-state index in [1.165, 1.54) is 41.0 Å². The van der Waals surface area contributed by atoms with Gasteiger partial charge in [0.15, 0.2) is 16.6 Å². The number of rotatable bonds is 9. The van der Waals surface area contributed by atoms with Crippen LogP contribution < -0.4 is 0 Å². The molecule has 0 unspecified atom stereocenters. The minimum atomic E-state index is -4.52. The number of nitrogens with zero attached hydrogens (tertiary/aromatic N) is 6. The van der Waals surface area contributed by atoms with Crippen LogP contribution in [-0.4, -0.2) is 68.2 Å². The number of carbonyl (C=O) groups excluding carboxylic acids is 1. The van der Waals surface area contributed by atoms with Gasteiger partial charge in [0.05, 0.1) is 23.3 Å². The first-order valence-corrected chi connectivity index (χ1v) is 14.8. The Kier molecular flexibility index (Phi) is 8.66. The van der Waals surface area contributed by atoms with Gasteiger partial charge in [-0.1, -0.05) is 60.3 Å². The number of hydrogen-bond acceptors (Lipinski definition) is 8. The maximum absolute atomic E-state index is 13.5. The number of piperazine rings is 1. The molecule has 1 aliphatic heterocycles. The Labute approximate surface area is 255 Å². The van der Waals surface area contributed by atoms with Crippen LogP contribution in [0, 0.1) is 0 Å². The Hall–Kier alpha value is -4.62. The maximum atomic E-state index is 13.5. The van der Waals surface area contributed by atoms with E-state index in [4.69, 9.17) is 8.83 Å². The SMILES string of the molecule is O=C(c1coc(CSc2nnc(-c3ccco3)n2-c2cccc(C(F)(F)F)c2)n1)N1CCN(C/C=C/c2ccccc2)CC1. The molecular formula is C31H27F3N6O3S. The van der Waals surface area contributed by atoms with Crippen molar-refractivity contribution in [2.45, 2.75) is 17.1 Å². The van der Waals surface area contributed by atoms with Gasteiger partial charge in [0.2, 0.25) is 11.7 Å². The lowest BCUT2D eigenvalue weighted by Crippen LogP contribution is -2.48. The monoisotopic (exact) mass is 620 g/mol. The Bertz CT molecular complexity index is 1730. The van der Waals surface area contributed by atoms with E-state index in [1.807, 2.05) is 18.2 Å². The van der Waals surface area contributed by atoms with Crippen LogP contribution in [0.2, 0.25) is 0 Å². The minimum Gasteiger partial charge on any atom is -0.461 e. The molecule has 4 heterocycles. The topological polar surface area (TPSA) is 93.4 Å². The van der Waals surface area contributed by atoms with E-state index < -0.39 is 11.7 Å². The fraction of sp³-hybridized carbons (Fsp3) is 0.226. The van der Waals surface area contributed by atoms with Gasteiger partial charge in [-0.2, -0.15) is 13.2 Å². The number of furan rings is 1. The van der Waals surface area contributed by atoms with Gasteiger partial charge < -0.3 is 13.7 Å². The molecule has 1 fully saturated rings. The summed E-state index contributed by atoms with van der Waals surface area (Å²) < 4.78 is 52.9. The number of alkyl halides is 3. The Balaban J connectivity index is 1.09. The molecule has 1 saturated heterocycles. The number of hydrogen-bond donors (Lipinski definition) is 0. The van der Waals surface area contributed by atoms with E-state index in [0.29, 0.717) is 24.0 Å². The zero-order chi connectivity index (χ0) is 30.5. The molecule has 13 heteroatoms. The van der Waals surface area contributed by atoms with Crippen molar-refractivity contribution in [3.63, 3.8) is 0 Å². The van der Waals surface area contributed by atoms with E-state index in [0.717, 1.165) is 37.3 Å². The van der Waals surface area contributed by atoms with E-state index in [1.54, 1.807) is 17.0 Å². The van der Waals surface area contributed by atoms with E-state index >= 15 is 0 Å². The van der Waals surface area contributed by atoms with Crippen molar-refractivity contribution in [1.82, 2.24) is 29.5 Å². The van der Waals surface area contributed by atoms with Crippen LogP contribution in [0.25, 0.3) is 23.3 Å². The zero-order valence-electron chi connectivity index (χ0n) is 23.4. The summed E-state index contributed by atoms with van der Waals surface area (Å²) in [6, 6.07) is 18.3. The van der Waals surface area contributed by atoms with Crippen LogP contribution >= 0.6 is 11.8 Å². The van der Waals surface area contributed by atoms with Gasteiger partial charge in [-0.3, -0.25) is 14.3 Å². The molecule has 0 aliphatic carbocycles. The summed E-state index contributed by atoms with van der Waals surface area (Å²) in [5, 5.41) is 8.67. The molecule has 0 atom stereocenters. The molecule has 9 nitrogen and oxygen atoms in total. The van der Waals surface area contributed by atoms with Crippen molar-refractivity contribution in [3.05, 3.63) is 108 Å². The minimum absolute atomic E-state index is 0.171. The summed E-state index contributed by atoms with van der Waals surface area (Å²) in [5.41, 5.74) is 0.769. The number of aromatic nitrogens is 4. The molecule has 3 aromatic heterocycles. The molecule has 0 spiro atoms. The molecule has 6 rings (SSSR count). The van der Waals surface area contributed by atoms with Crippen molar-refractivity contribution in [2.75, 3.05) is 32.7 Å². The summed E-state index contributed by atoms with van der Waals surface area (Å²) in [7, 11) is 0. The van der Waals surface area contributed by atoms with Crippen molar-refractivity contribution >= 4 is 23.7 Å². The third-order valence-electron chi connectivity index (χ3n) is 7.04. The van der Waals surface area contributed by atoms with Crippen LogP contribution in [0.5, 0.6) is 0 Å². The highest BCUT2D eigenvalue weighted by molar-refractivity contribution is 7.98. The first-order valence-electron chi connectivity index (χ1n) is 13.8. The second-order valence-electron chi connectivity index (χ2n) is 9.99. The van der Waals surface area contributed by atoms with E-state index in [-0.39, 0.29) is 34.8 Å². The van der Waals surface area contributed by atoms with Crippen LogP contribution in [-0.2, 0) is 11.9 Å². The highest BCUT2D eigenvalue weighted by Crippen LogP contribution is 2.34. The normalized spacial score (nSPS) is 14.5. The Morgan fingerprint density at radius 3 is 2.52 bits per heavy atom. The predicted octanol–water partition coefficient (Wildman–Crippen LogP) is 6.30. The van der Waals surface area contributed by atoms with Crippen molar-refractivity contribution < 1.29 is 26.8 Å². The average Bonchev–Trinajstić information content (AvgIpc) is 3.82.